The van der Waals surface area contributed by atoms with Gasteiger partial charge in [-0.05, 0) is 68.8 Å². The number of benzene rings is 1. The van der Waals surface area contributed by atoms with Crippen molar-refractivity contribution in [2.45, 2.75) is 38.1 Å². The van der Waals surface area contributed by atoms with Gasteiger partial charge < -0.3 is 20.1 Å². The predicted octanol–water partition coefficient (Wildman–Crippen LogP) is 2.81. The van der Waals surface area contributed by atoms with E-state index in [0.29, 0.717) is 6.04 Å². The number of rotatable bonds is 11. The highest BCUT2D eigenvalue weighted by atomic mass is 16.5. The number of likely N-dealkylation sites (tertiary alicyclic amines) is 1. The number of nitrogens with zero attached hydrogens (tertiary/aromatic N) is 2. The van der Waals surface area contributed by atoms with Crippen LogP contribution >= 0.6 is 0 Å². The fraction of sp³-hybridized carbons (Fsp3) is 0.682. The molecule has 1 aromatic rings. The first kappa shape index (κ1) is 20.9. The van der Waals surface area contributed by atoms with Gasteiger partial charge in [0.1, 0.15) is 5.75 Å². The van der Waals surface area contributed by atoms with Crippen LogP contribution in [0.25, 0.3) is 0 Å². The van der Waals surface area contributed by atoms with E-state index >= 15 is 0 Å². The Morgan fingerprint density at radius 1 is 1.25 bits per heavy atom. The van der Waals surface area contributed by atoms with Crippen LogP contribution in [0, 0.1) is 5.92 Å². The Kier molecular flexibility index (Phi) is 8.42. The Balaban J connectivity index is 1.46. The van der Waals surface area contributed by atoms with E-state index in [1.807, 2.05) is 13.1 Å². The lowest BCUT2D eigenvalue weighted by Crippen LogP contribution is -2.43. The van der Waals surface area contributed by atoms with Gasteiger partial charge in [0, 0.05) is 33.4 Å². The highest BCUT2D eigenvalue weighted by Gasteiger charge is 2.24. The van der Waals surface area contributed by atoms with Gasteiger partial charge in [0.25, 0.3) is 0 Å². The molecule has 1 saturated heterocycles. The zero-order chi connectivity index (χ0) is 19.6. The van der Waals surface area contributed by atoms with E-state index in [-0.39, 0.29) is 0 Å². The normalized spacial score (nSPS) is 18.9. The summed E-state index contributed by atoms with van der Waals surface area (Å²) in [6.45, 7) is 5.75. The number of hydrogen-bond donors (Lipinski definition) is 2. The van der Waals surface area contributed by atoms with Gasteiger partial charge in [-0.2, -0.15) is 0 Å². The SMILES string of the molecule is CN=C(NCCCOCC1CC1)NCC(c1cccc(OC)c1)N1CCCC1. The highest BCUT2D eigenvalue weighted by Crippen LogP contribution is 2.29. The lowest BCUT2D eigenvalue weighted by molar-refractivity contribution is 0.123. The first-order valence-corrected chi connectivity index (χ1v) is 10.7. The second-order valence-corrected chi connectivity index (χ2v) is 7.79. The van der Waals surface area contributed by atoms with Crippen LogP contribution in [-0.4, -0.2) is 64.4 Å². The van der Waals surface area contributed by atoms with Crippen molar-refractivity contribution >= 4 is 5.96 Å². The molecule has 1 saturated carbocycles. The number of methoxy groups -OCH3 is 1. The summed E-state index contributed by atoms with van der Waals surface area (Å²) in [6.07, 6.45) is 6.24. The van der Waals surface area contributed by atoms with Gasteiger partial charge in [0.15, 0.2) is 5.96 Å². The summed E-state index contributed by atoms with van der Waals surface area (Å²) in [5, 5.41) is 6.93. The molecular formula is C22H36N4O2. The molecule has 6 heteroatoms. The van der Waals surface area contributed by atoms with Crippen molar-refractivity contribution in [3.8, 4) is 5.75 Å². The molecular weight excluding hydrogens is 352 g/mol. The van der Waals surface area contributed by atoms with Gasteiger partial charge in [-0.25, -0.2) is 0 Å². The Morgan fingerprint density at radius 3 is 2.79 bits per heavy atom. The van der Waals surface area contributed by atoms with Crippen molar-refractivity contribution in [2.24, 2.45) is 10.9 Å². The van der Waals surface area contributed by atoms with E-state index in [4.69, 9.17) is 9.47 Å². The summed E-state index contributed by atoms with van der Waals surface area (Å²) in [6, 6.07) is 8.74. The molecule has 2 aliphatic rings. The van der Waals surface area contributed by atoms with Gasteiger partial charge >= 0.3 is 0 Å². The lowest BCUT2D eigenvalue weighted by Gasteiger charge is -2.29. The number of hydrogen-bond acceptors (Lipinski definition) is 4. The van der Waals surface area contributed by atoms with Gasteiger partial charge in [0.2, 0.25) is 0 Å². The minimum Gasteiger partial charge on any atom is -0.497 e. The molecule has 0 spiro atoms. The number of guanidine groups is 1. The minimum atomic E-state index is 0.318. The number of aliphatic imine (C=N–C) groups is 1. The van der Waals surface area contributed by atoms with E-state index in [2.05, 4.69) is 38.7 Å². The third-order valence-corrected chi connectivity index (χ3v) is 5.55. The van der Waals surface area contributed by atoms with Crippen molar-refractivity contribution < 1.29 is 9.47 Å². The fourth-order valence-electron chi connectivity index (χ4n) is 3.69. The number of nitrogens with one attached hydrogen (secondary N) is 2. The monoisotopic (exact) mass is 388 g/mol. The predicted molar refractivity (Wildman–Crippen MR) is 114 cm³/mol. The molecule has 28 heavy (non-hydrogen) atoms. The molecule has 0 radical (unpaired) electrons. The first-order chi connectivity index (χ1) is 13.8. The average molecular weight is 389 g/mol. The molecule has 2 fully saturated rings. The maximum Gasteiger partial charge on any atom is 0.191 e. The topological polar surface area (TPSA) is 58.1 Å². The largest absolute Gasteiger partial charge is 0.497 e. The average Bonchev–Trinajstić information content (AvgIpc) is 3.40. The van der Waals surface area contributed by atoms with E-state index in [9.17, 15) is 0 Å². The molecule has 2 N–H and O–H groups in total. The molecule has 1 aliphatic heterocycles. The summed E-state index contributed by atoms with van der Waals surface area (Å²) < 4.78 is 11.1. The quantitative estimate of drug-likeness (QED) is 0.347. The molecule has 0 bridgehead atoms. The molecule has 1 unspecified atom stereocenters. The van der Waals surface area contributed by atoms with Crippen LogP contribution in [0.5, 0.6) is 5.75 Å². The van der Waals surface area contributed by atoms with Gasteiger partial charge in [0.05, 0.1) is 13.2 Å². The summed E-state index contributed by atoms with van der Waals surface area (Å²) in [5.41, 5.74) is 1.29. The molecule has 6 nitrogen and oxygen atoms in total. The summed E-state index contributed by atoms with van der Waals surface area (Å²) in [5.74, 6) is 2.60. The Morgan fingerprint density at radius 2 is 2.07 bits per heavy atom. The van der Waals surface area contributed by atoms with Crippen LogP contribution in [0.2, 0.25) is 0 Å². The van der Waals surface area contributed by atoms with Crippen LogP contribution in [-0.2, 0) is 4.74 Å². The van der Waals surface area contributed by atoms with Gasteiger partial charge in [-0.3, -0.25) is 9.89 Å². The molecule has 1 aliphatic carbocycles. The van der Waals surface area contributed by atoms with Crippen LogP contribution in [0.4, 0.5) is 0 Å². The molecule has 0 amide bonds. The van der Waals surface area contributed by atoms with Crippen molar-refractivity contribution in [2.75, 3.05) is 53.6 Å². The van der Waals surface area contributed by atoms with Crippen molar-refractivity contribution in [1.29, 1.82) is 0 Å². The van der Waals surface area contributed by atoms with E-state index in [0.717, 1.165) is 63.4 Å². The zero-order valence-corrected chi connectivity index (χ0v) is 17.5. The Bertz CT molecular complexity index is 612. The van der Waals surface area contributed by atoms with Crippen molar-refractivity contribution in [3.63, 3.8) is 0 Å². The lowest BCUT2D eigenvalue weighted by atomic mass is 10.1. The van der Waals surface area contributed by atoms with Gasteiger partial charge in [-0.1, -0.05) is 12.1 Å². The highest BCUT2D eigenvalue weighted by molar-refractivity contribution is 5.79. The Hall–Kier alpha value is -1.79. The third kappa shape index (κ3) is 6.67. The van der Waals surface area contributed by atoms with E-state index < -0.39 is 0 Å². The smallest absolute Gasteiger partial charge is 0.191 e. The van der Waals surface area contributed by atoms with Crippen molar-refractivity contribution in [1.82, 2.24) is 15.5 Å². The zero-order valence-electron chi connectivity index (χ0n) is 17.5. The molecule has 156 valence electrons. The van der Waals surface area contributed by atoms with E-state index in [1.54, 1.807) is 7.11 Å². The van der Waals surface area contributed by atoms with Crippen LogP contribution in [0.15, 0.2) is 29.3 Å². The summed E-state index contributed by atoms with van der Waals surface area (Å²) >= 11 is 0. The standard InChI is InChI=1S/C22H36N4O2/c1-23-22(24-11-6-14-28-17-18-9-10-18)25-16-21(26-12-3-4-13-26)19-7-5-8-20(15-19)27-2/h5,7-8,15,18,21H,3-4,6,9-14,16-17H2,1-2H3,(H2,23,24,25). The second-order valence-electron chi connectivity index (χ2n) is 7.79. The molecule has 3 rings (SSSR count). The van der Waals surface area contributed by atoms with Crippen molar-refractivity contribution in [3.05, 3.63) is 29.8 Å². The molecule has 1 atom stereocenters. The van der Waals surface area contributed by atoms with E-state index in [1.165, 1.54) is 31.2 Å². The van der Waals surface area contributed by atoms with Gasteiger partial charge in [-0.15, -0.1) is 0 Å². The maximum atomic E-state index is 5.70. The molecule has 1 heterocycles. The minimum absolute atomic E-state index is 0.318. The fourth-order valence-corrected chi connectivity index (χ4v) is 3.69. The Labute approximate surface area is 169 Å². The molecule has 0 aromatic heterocycles. The summed E-state index contributed by atoms with van der Waals surface area (Å²) in [7, 11) is 3.55. The maximum absolute atomic E-state index is 5.70. The molecule has 1 aromatic carbocycles. The van der Waals surface area contributed by atoms with Crippen LogP contribution in [0.3, 0.4) is 0 Å². The number of ether oxygens (including phenoxy) is 2. The first-order valence-electron chi connectivity index (χ1n) is 10.7. The summed E-state index contributed by atoms with van der Waals surface area (Å²) in [4.78, 5) is 6.94. The van der Waals surface area contributed by atoms with Crippen LogP contribution < -0.4 is 15.4 Å². The third-order valence-electron chi connectivity index (χ3n) is 5.55. The second kappa shape index (κ2) is 11.3. The van der Waals surface area contributed by atoms with Crippen LogP contribution in [0.1, 0.15) is 43.7 Å².